The lowest BCUT2D eigenvalue weighted by molar-refractivity contribution is -0.121. The minimum atomic E-state index is -0.417. The number of anilines is 1. The molecular formula is C18H20BrN3O2. The normalized spacial score (nSPS) is 12.4. The van der Waals surface area contributed by atoms with Gasteiger partial charge in [0.15, 0.2) is 0 Å². The molecule has 2 aromatic rings. The molecule has 0 saturated heterocycles. The number of carbonyl (C=O) groups is 1. The van der Waals surface area contributed by atoms with Crippen LogP contribution < -0.4 is 15.5 Å². The van der Waals surface area contributed by atoms with Crippen molar-refractivity contribution >= 4 is 33.2 Å². The van der Waals surface area contributed by atoms with Gasteiger partial charge in [0, 0.05) is 10.2 Å². The maximum atomic E-state index is 12.1. The number of nitrogens with zero attached hydrogens (tertiary/aromatic N) is 1. The Balaban J connectivity index is 1.92. The monoisotopic (exact) mass is 389 g/mol. The van der Waals surface area contributed by atoms with E-state index in [2.05, 4.69) is 31.8 Å². The molecule has 0 unspecified atom stereocenters. The zero-order valence-corrected chi connectivity index (χ0v) is 15.4. The third kappa shape index (κ3) is 5.09. The first-order valence-electron chi connectivity index (χ1n) is 7.50. The number of amides is 1. The first kappa shape index (κ1) is 18.0. The van der Waals surface area contributed by atoms with Gasteiger partial charge in [0.05, 0.1) is 12.8 Å². The third-order valence-corrected chi connectivity index (χ3v) is 3.99. The Kier molecular flexibility index (Phi) is 6.37. The van der Waals surface area contributed by atoms with Gasteiger partial charge in [-0.15, -0.1) is 0 Å². The van der Waals surface area contributed by atoms with E-state index < -0.39 is 6.04 Å². The molecule has 0 radical (unpaired) electrons. The van der Waals surface area contributed by atoms with Gasteiger partial charge in [-0.2, -0.15) is 5.10 Å². The zero-order valence-electron chi connectivity index (χ0n) is 13.8. The largest absolute Gasteiger partial charge is 0.497 e. The lowest BCUT2D eigenvalue weighted by atomic mass is 10.1. The summed E-state index contributed by atoms with van der Waals surface area (Å²) in [5.41, 5.74) is 5.12. The van der Waals surface area contributed by atoms with Crippen molar-refractivity contribution in [1.29, 1.82) is 0 Å². The van der Waals surface area contributed by atoms with Crippen LogP contribution in [0, 0.1) is 0 Å². The third-order valence-electron chi connectivity index (χ3n) is 3.46. The fourth-order valence-corrected chi connectivity index (χ4v) is 2.26. The quantitative estimate of drug-likeness (QED) is 0.583. The van der Waals surface area contributed by atoms with E-state index in [1.807, 2.05) is 55.5 Å². The second-order valence-corrected chi connectivity index (χ2v) is 6.19. The van der Waals surface area contributed by atoms with Crippen molar-refractivity contribution in [3.63, 3.8) is 0 Å². The van der Waals surface area contributed by atoms with Crippen molar-refractivity contribution in [2.75, 3.05) is 12.4 Å². The molecule has 0 aliphatic carbocycles. The molecule has 0 aliphatic heterocycles. The number of nitrogens with one attached hydrogen (secondary N) is 2. The van der Waals surface area contributed by atoms with Crippen LogP contribution in [-0.2, 0) is 4.79 Å². The molecule has 24 heavy (non-hydrogen) atoms. The van der Waals surface area contributed by atoms with Gasteiger partial charge in [0.1, 0.15) is 11.8 Å². The summed E-state index contributed by atoms with van der Waals surface area (Å²) in [5, 5.41) is 7.28. The molecule has 0 aliphatic rings. The van der Waals surface area contributed by atoms with Crippen molar-refractivity contribution < 1.29 is 9.53 Å². The summed E-state index contributed by atoms with van der Waals surface area (Å²) in [6, 6.07) is 14.7. The first-order valence-corrected chi connectivity index (χ1v) is 8.29. The minimum Gasteiger partial charge on any atom is -0.497 e. The molecule has 0 saturated carbocycles. The Morgan fingerprint density at radius 2 is 1.75 bits per heavy atom. The number of carbonyl (C=O) groups excluding carboxylic acids is 1. The molecule has 2 rings (SSSR count). The molecule has 0 aromatic heterocycles. The second kappa shape index (κ2) is 8.49. The number of hydrogen-bond acceptors (Lipinski definition) is 4. The van der Waals surface area contributed by atoms with E-state index in [4.69, 9.17) is 4.74 Å². The predicted octanol–water partition coefficient (Wildman–Crippen LogP) is 3.80. The Morgan fingerprint density at radius 1 is 1.12 bits per heavy atom. The highest BCUT2D eigenvalue weighted by atomic mass is 79.9. The van der Waals surface area contributed by atoms with Crippen LogP contribution in [0.5, 0.6) is 5.75 Å². The van der Waals surface area contributed by atoms with Crippen LogP contribution in [-0.4, -0.2) is 24.8 Å². The lowest BCUT2D eigenvalue weighted by Crippen LogP contribution is -2.35. The Labute approximate surface area is 150 Å². The summed E-state index contributed by atoms with van der Waals surface area (Å²) >= 11 is 3.39. The molecule has 126 valence electrons. The number of hydrogen-bond donors (Lipinski definition) is 2. The smallest absolute Gasteiger partial charge is 0.262 e. The van der Waals surface area contributed by atoms with Crippen LogP contribution in [0.1, 0.15) is 19.4 Å². The first-order chi connectivity index (χ1) is 11.5. The number of benzene rings is 2. The molecule has 2 N–H and O–H groups in total. The van der Waals surface area contributed by atoms with Crippen LogP contribution in [0.3, 0.4) is 0 Å². The van der Waals surface area contributed by atoms with Crippen molar-refractivity contribution in [2.24, 2.45) is 5.10 Å². The second-order valence-electron chi connectivity index (χ2n) is 5.27. The standard InChI is InChI=1S/C18H20BrN3O2/c1-12(14-4-6-15(19)7-5-14)21-22-18(23)13(2)20-16-8-10-17(24-3)11-9-16/h4-11,13,20H,1-3H3,(H,22,23)/t13-/m0/s1. The molecule has 0 bridgehead atoms. The number of halogens is 1. The van der Waals surface area contributed by atoms with E-state index in [1.165, 1.54) is 0 Å². The number of rotatable bonds is 6. The Bertz CT molecular complexity index is 712. The summed E-state index contributed by atoms with van der Waals surface area (Å²) < 4.78 is 6.11. The number of ether oxygens (including phenoxy) is 1. The maximum Gasteiger partial charge on any atom is 0.262 e. The van der Waals surface area contributed by atoms with E-state index >= 15 is 0 Å². The lowest BCUT2D eigenvalue weighted by Gasteiger charge is -2.14. The van der Waals surface area contributed by atoms with Crippen LogP contribution in [0.25, 0.3) is 0 Å². The molecule has 5 nitrogen and oxygen atoms in total. The zero-order chi connectivity index (χ0) is 17.5. The van der Waals surface area contributed by atoms with Crippen LogP contribution in [0.4, 0.5) is 5.69 Å². The van der Waals surface area contributed by atoms with Gasteiger partial charge < -0.3 is 10.1 Å². The molecular weight excluding hydrogens is 370 g/mol. The number of hydrazone groups is 1. The highest BCUT2D eigenvalue weighted by molar-refractivity contribution is 9.10. The molecule has 0 spiro atoms. The highest BCUT2D eigenvalue weighted by Gasteiger charge is 2.12. The Morgan fingerprint density at radius 3 is 2.33 bits per heavy atom. The molecule has 0 fully saturated rings. The summed E-state index contributed by atoms with van der Waals surface area (Å²) in [6.45, 7) is 3.63. The van der Waals surface area contributed by atoms with Gasteiger partial charge in [0.25, 0.3) is 5.91 Å². The van der Waals surface area contributed by atoms with Crippen molar-refractivity contribution in [3.05, 3.63) is 58.6 Å². The van der Waals surface area contributed by atoms with Gasteiger partial charge >= 0.3 is 0 Å². The SMILES string of the molecule is COc1ccc(N[C@@H](C)C(=O)NN=C(C)c2ccc(Br)cc2)cc1. The van der Waals surface area contributed by atoms with Gasteiger partial charge in [-0.05, 0) is 55.8 Å². The van der Waals surface area contributed by atoms with E-state index in [-0.39, 0.29) is 5.91 Å². The topological polar surface area (TPSA) is 62.7 Å². The van der Waals surface area contributed by atoms with E-state index in [1.54, 1.807) is 14.0 Å². The summed E-state index contributed by atoms with van der Waals surface area (Å²) in [5.74, 6) is 0.564. The predicted molar refractivity (Wildman–Crippen MR) is 101 cm³/mol. The van der Waals surface area contributed by atoms with Crippen LogP contribution >= 0.6 is 15.9 Å². The molecule has 1 amide bonds. The molecule has 0 heterocycles. The maximum absolute atomic E-state index is 12.1. The van der Waals surface area contributed by atoms with Crippen molar-refractivity contribution in [3.8, 4) is 5.75 Å². The summed E-state index contributed by atoms with van der Waals surface area (Å²) in [7, 11) is 1.62. The molecule has 2 aromatic carbocycles. The summed E-state index contributed by atoms with van der Waals surface area (Å²) in [4.78, 5) is 12.1. The average Bonchev–Trinajstić information content (AvgIpc) is 2.60. The van der Waals surface area contributed by atoms with E-state index in [0.717, 1.165) is 27.2 Å². The fraction of sp³-hybridized carbons (Fsp3) is 0.222. The minimum absolute atomic E-state index is 0.206. The average molecular weight is 390 g/mol. The fourth-order valence-electron chi connectivity index (χ4n) is 1.99. The van der Waals surface area contributed by atoms with Crippen molar-refractivity contribution in [2.45, 2.75) is 19.9 Å². The summed E-state index contributed by atoms with van der Waals surface area (Å²) in [6.07, 6.45) is 0. The van der Waals surface area contributed by atoms with Crippen molar-refractivity contribution in [1.82, 2.24) is 5.43 Å². The van der Waals surface area contributed by atoms with E-state index in [0.29, 0.717) is 0 Å². The van der Waals surface area contributed by atoms with Gasteiger partial charge in [-0.3, -0.25) is 4.79 Å². The molecule has 6 heteroatoms. The van der Waals surface area contributed by atoms with Crippen LogP contribution in [0.15, 0.2) is 58.1 Å². The molecule has 1 atom stereocenters. The van der Waals surface area contributed by atoms with E-state index in [9.17, 15) is 4.79 Å². The van der Waals surface area contributed by atoms with Gasteiger partial charge in [0.2, 0.25) is 0 Å². The van der Waals surface area contributed by atoms with Gasteiger partial charge in [-0.1, -0.05) is 28.1 Å². The van der Waals surface area contributed by atoms with Gasteiger partial charge in [-0.25, -0.2) is 5.43 Å². The van der Waals surface area contributed by atoms with Crippen LogP contribution in [0.2, 0.25) is 0 Å². The number of methoxy groups -OCH3 is 1. The Hall–Kier alpha value is -2.34. The highest BCUT2D eigenvalue weighted by Crippen LogP contribution is 2.15.